The monoisotopic (exact) mass is 248 g/mol. The molecule has 2 nitrogen and oxygen atoms in total. The first-order chi connectivity index (χ1) is 8.58. The Morgan fingerprint density at radius 2 is 1.78 bits per heavy atom. The fraction of sp³-hybridized carbons (Fsp3) is 0. The average molecular weight is 248 g/mol. The smallest absolute Gasteiger partial charge is 0.168 e. The second kappa shape index (κ2) is 4.87. The zero-order valence-electron chi connectivity index (χ0n) is 9.27. The minimum Gasteiger partial charge on any atom is -0.507 e. The molecule has 0 atom stereocenters. The number of phenols is 1. The summed E-state index contributed by atoms with van der Waals surface area (Å²) >= 11 is 0. The van der Waals surface area contributed by atoms with Gasteiger partial charge in [0.25, 0.3) is 0 Å². The number of rotatable bonds is 2. The van der Waals surface area contributed by atoms with E-state index in [-0.39, 0.29) is 5.56 Å². The van der Waals surface area contributed by atoms with Gasteiger partial charge in [-0.1, -0.05) is 30.4 Å². The van der Waals surface area contributed by atoms with Crippen molar-refractivity contribution in [3.8, 4) is 5.75 Å². The molecule has 2 N–H and O–H groups in total. The zero-order valence-corrected chi connectivity index (χ0v) is 9.27. The number of aromatic hydroxyl groups is 1. The van der Waals surface area contributed by atoms with Crippen LogP contribution in [0.5, 0.6) is 5.75 Å². The van der Waals surface area contributed by atoms with Gasteiger partial charge in [0.1, 0.15) is 11.6 Å². The highest BCUT2D eigenvalue weighted by Gasteiger charge is 2.12. The molecular weight excluding hydrogens is 238 g/mol. The molecule has 1 aliphatic carbocycles. The number of aliphatic hydroxyl groups excluding tert-OH is 1. The molecule has 0 saturated heterocycles. The van der Waals surface area contributed by atoms with Gasteiger partial charge in [0.2, 0.25) is 0 Å². The van der Waals surface area contributed by atoms with Crippen LogP contribution in [0, 0.1) is 11.6 Å². The fourth-order valence-corrected chi connectivity index (χ4v) is 1.53. The van der Waals surface area contributed by atoms with Crippen LogP contribution >= 0.6 is 0 Å². The molecule has 0 unspecified atom stereocenters. The van der Waals surface area contributed by atoms with E-state index in [0.29, 0.717) is 6.07 Å². The van der Waals surface area contributed by atoms with Gasteiger partial charge >= 0.3 is 0 Å². The number of phenolic OH excluding ortho intramolecular Hbond substituents is 1. The van der Waals surface area contributed by atoms with Gasteiger partial charge in [0.05, 0.1) is 5.56 Å². The van der Waals surface area contributed by atoms with Crippen molar-refractivity contribution in [1.29, 1.82) is 0 Å². The Balaban J connectivity index is 2.36. The molecule has 18 heavy (non-hydrogen) atoms. The van der Waals surface area contributed by atoms with Gasteiger partial charge in [-0.15, -0.1) is 0 Å². The van der Waals surface area contributed by atoms with Gasteiger partial charge in [-0.2, -0.15) is 0 Å². The fourth-order valence-electron chi connectivity index (χ4n) is 1.53. The van der Waals surface area contributed by atoms with Crippen LogP contribution in [0.2, 0.25) is 0 Å². The summed E-state index contributed by atoms with van der Waals surface area (Å²) < 4.78 is 26.1. The molecule has 1 aromatic carbocycles. The van der Waals surface area contributed by atoms with E-state index in [1.165, 1.54) is 6.08 Å². The normalized spacial score (nSPS) is 14.3. The van der Waals surface area contributed by atoms with Gasteiger partial charge in [-0.05, 0) is 17.7 Å². The Bertz CT molecular complexity index is 582. The summed E-state index contributed by atoms with van der Waals surface area (Å²) in [4.78, 5) is 0. The quantitative estimate of drug-likeness (QED) is 0.785. The Hall–Kier alpha value is -2.36. The highest BCUT2D eigenvalue weighted by molar-refractivity contribution is 5.66. The molecule has 0 aromatic heterocycles. The van der Waals surface area contributed by atoms with Crippen molar-refractivity contribution < 1.29 is 19.0 Å². The molecule has 0 saturated carbocycles. The third kappa shape index (κ3) is 2.48. The molecule has 0 fully saturated rings. The number of allylic oxidation sites excluding steroid dienone is 7. The molecule has 0 aliphatic heterocycles. The van der Waals surface area contributed by atoms with Crippen LogP contribution in [0.3, 0.4) is 0 Å². The number of benzene rings is 1. The number of hydrogen-bond donors (Lipinski definition) is 2. The molecule has 4 heteroatoms. The maximum atomic E-state index is 13.1. The van der Waals surface area contributed by atoms with Crippen LogP contribution < -0.4 is 0 Å². The first-order valence-electron chi connectivity index (χ1n) is 5.22. The summed E-state index contributed by atoms with van der Waals surface area (Å²) in [5.41, 5.74) is 0.549. The SMILES string of the molecule is O/C(=C\C=C1C=CC=C1)c1cc(F)cc(F)c1O. The lowest BCUT2D eigenvalue weighted by Crippen LogP contribution is -1.90. The third-order valence-corrected chi connectivity index (χ3v) is 2.43. The molecule has 1 aliphatic rings. The first kappa shape index (κ1) is 12.1. The van der Waals surface area contributed by atoms with Gasteiger partial charge in [-0.25, -0.2) is 8.78 Å². The first-order valence-corrected chi connectivity index (χ1v) is 5.22. The second-order valence-electron chi connectivity index (χ2n) is 3.72. The lowest BCUT2D eigenvalue weighted by Gasteiger charge is -2.04. The van der Waals surface area contributed by atoms with Crippen molar-refractivity contribution in [2.24, 2.45) is 0 Å². The molecule has 2 rings (SSSR count). The Morgan fingerprint density at radius 3 is 2.44 bits per heavy atom. The zero-order chi connectivity index (χ0) is 13.1. The summed E-state index contributed by atoms with van der Waals surface area (Å²) in [5, 5.41) is 19.1. The van der Waals surface area contributed by atoms with Gasteiger partial charge in [-0.3, -0.25) is 0 Å². The number of halogens is 2. The molecule has 0 bridgehead atoms. The molecule has 0 heterocycles. The molecule has 0 amide bonds. The van der Waals surface area contributed by atoms with Crippen molar-refractivity contribution in [1.82, 2.24) is 0 Å². The Labute approximate surface area is 103 Å². The van der Waals surface area contributed by atoms with Crippen LogP contribution in [-0.4, -0.2) is 10.2 Å². The van der Waals surface area contributed by atoms with Crippen molar-refractivity contribution in [2.45, 2.75) is 0 Å². The van der Waals surface area contributed by atoms with Crippen LogP contribution in [0.25, 0.3) is 5.76 Å². The molecule has 0 radical (unpaired) electrons. The predicted octanol–water partition coefficient (Wildman–Crippen LogP) is 3.62. The third-order valence-electron chi connectivity index (χ3n) is 2.43. The van der Waals surface area contributed by atoms with E-state index in [9.17, 15) is 19.0 Å². The minimum atomic E-state index is -1.11. The Morgan fingerprint density at radius 1 is 1.11 bits per heavy atom. The van der Waals surface area contributed by atoms with Gasteiger partial charge in [0.15, 0.2) is 11.6 Å². The topological polar surface area (TPSA) is 40.5 Å². The largest absolute Gasteiger partial charge is 0.507 e. The van der Waals surface area contributed by atoms with Crippen LogP contribution in [-0.2, 0) is 0 Å². The van der Waals surface area contributed by atoms with Crippen molar-refractivity contribution in [3.63, 3.8) is 0 Å². The highest BCUT2D eigenvalue weighted by Crippen LogP contribution is 2.27. The molecular formula is C14H10F2O2. The molecule has 1 aromatic rings. The lowest BCUT2D eigenvalue weighted by molar-refractivity contribution is 0.418. The maximum Gasteiger partial charge on any atom is 0.168 e. The summed E-state index contributed by atoms with van der Waals surface area (Å²) in [6, 6.07) is 1.41. The van der Waals surface area contributed by atoms with Gasteiger partial charge in [0, 0.05) is 6.07 Å². The lowest BCUT2D eigenvalue weighted by atomic mass is 10.1. The van der Waals surface area contributed by atoms with E-state index in [1.807, 2.05) is 12.2 Å². The van der Waals surface area contributed by atoms with Gasteiger partial charge < -0.3 is 10.2 Å². The van der Waals surface area contributed by atoms with E-state index >= 15 is 0 Å². The summed E-state index contributed by atoms with van der Waals surface area (Å²) in [7, 11) is 0. The molecule has 92 valence electrons. The van der Waals surface area contributed by atoms with E-state index in [1.54, 1.807) is 18.2 Å². The standard InChI is InChI=1S/C14H10F2O2/c15-10-7-11(14(18)12(16)8-10)13(17)6-5-9-3-1-2-4-9/h1-8,17-18H/b13-6-. The van der Waals surface area contributed by atoms with E-state index in [0.717, 1.165) is 11.6 Å². The summed E-state index contributed by atoms with van der Waals surface area (Å²) in [6.45, 7) is 0. The van der Waals surface area contributed by atoms with E-state index in [2.05, 4.69) is 0 Å². The highest BCUT2D eigenvalue weighted by atomic mass is 19.1. The predicted molar refractivity (Wildman–Crippen MR) is 65.0 cm³/mol. The summed E-state index contributed by atoms with van der Waals surface area (Å²) in [5.74, 6) is -3.17. The van der Waals surface area contributed by atoms with Crippen molar-refractivity contribution >= 4 is 5.76 Å². The van der Waals surface area contributed by atoms with Crippen LogP contribution in [0.1, 0.15) is 5.56 Å². The average Bonchev–Trinajstić information content (AvgIpc) is 2.83. The van der Waals surface area contributed by atoms with Crippen molar-refractivity contribution in [3.05, 3.63) is 71.4 Å². The van der Waals surface area contributed by atoms with E-state index < -0.39 is 23.1 Å². The van der Waals surface area contributed by atoms with Crippen LogP contribution in [0.4, 0.5) is 8.78 Å². The van der Waals surface area contributed by atoms with Crippen molar-refractivity contribution in [2.75, 3.05) is 0 Å². The molecule has 0 spiro atoms. The Kier molecular flexibility index (Phi) is 3.28. The van der Waals surface area contributed by atoms with E-state index in [4.69, 9.17) is 0 Å². The number of aliphatic hydroxyl groups is 1. The second-order valence-corrected chi connectivity index (χ2v) is 3.72. The summed E-state index contributed by atoms with van der Waals surface area (Å²) in [6.07, 6.45) is 10.1. The number of hydrogen-bond acceptors (Lipinski definition) is 2. The van der Waals surface area contributed by atoms with Crippen LogP contribution in [0.15, 0.2) is 54.2 Å². The maximum absolute atomic E-state index is 13.1. The minimum absolute atomic E-state index is 0.282.